The molecule has 2 aromatic rings. The van der Waals surface area contributed by atoms with Crippen molar-refractivity contribution < 1.29 is 27.9 Å². The Morgan fingerprint density at radius 3 is 2.52 bits per heavy atom. The Kier molecular flexibility index (Phi) is 6.27. The largest absolute Gasteiger partial charge is 0.490 e. The van der Waals surface area contributed by atoms with Crippen LogP contribution in [0.25, 0.3) is 0 Å². The van der Waals surface area contributed by atoms with E-state index in [4.69, 9.17) is 9.90 Å². The zero-order chi connectivity index (χ0) is 21.2. The van der Waals surface area contributed by atoms with E-state index in [2.05, 4.69) is 21.1 Å². The van der Waals surface area contributed by atoms with Crippen molar-refractivity contribution in [3.8, 4) is 0 Å². The SMILES string of the molecule is Cn1cc(CN2CC[C@@H]3[C@@H]2CCN3C(=O)c2ccsc2)cn1.O=C(O)C(F)(F)F. The molecule has 0 spiro atoms. The molecular formula is C18H21F3N4O3S. The smallest absolute Gasteiger partial charge is 0.475 e. The highest BCUT2D eigenvalue weighted by Crippen LogP contribution is 2.33. The van der Waals surface area contributed by atoms with Crippen molar-refractivity contribution in [3.63, 3.8) is 0 Å². The standard InChI is InChI=1S/C16H20N4OS.C2HF3O2/c1-18-9-12(8-17-18)10-19-5-2-15-14(19)3-6-20(15)16(21)13-4-7-22-11-13;3-2(4,5)1(6)7/h4,7-9,11,14-15H,2-3,5-6,10H2,1H3;(H,6,7)/t14-,15+;/m0./s1. The van der Waals surface area contributed by atoms with Crippen LogP contribution in [0, 0.1) is 0 Å². The fourth-order valence-corrected chi connectivity index (χ4v) is 4.49. The third-order valence-corrected chi connectivity index (χ3v) is 5.79. The average Bonchev–Trinajstić information content (AvgIpc) is 3.40. The zero-order valence-electron chi connectivity index (χ0n) is 15.7. The van der Waals surface area contributed by atoms with Crippen LogP contribution in [0.15, 0.2) is 29.2 Å². The molecule has 2 fully saturated rings. The minimum absolute atomic E-state index is 0.206. The molecule has 4 heterocycles. The molecule has 2 aromatic heterocycles. The number of carboxylic acids is 1. The highest BCUT2D eigenvalue weighted by molar-refractivity contribution is 7.08. The Balaban J connectivity index is 0.000000298. The Labute approximate surface area is 169 Å². The van der Waals surface area contributed by atoms with Gasteiger partial charge in [-0.3, -0.25) is 14.4 Å². The van der Waals surface area contributed by atoms with Gasteiger partial charge >= 0.3 is 12.1 Å². The number of aliphatic carboxylic acids is 1. The van der Waals surface area contributed by atoms with Gasteiger partial charge < -0.3 is 10.0 Å². The molecule has 0 saturated carbocycles. The molecule has 2 aliphatic rings. The molecule has 1 amide bonds. The van der Waals surface area contributed by atoms with Crippen molar-refractivity contribution in [2.24, 2.45) is 7.05 Å². The summed E-state index contributed by atoms with van der Waals surface area (Å²) in [5.74, 6) is -2.55. The molecule has 2 aliphatic heterocycles. The van der Waals surface area contributed by atoms with Gasteiger partial charge in [-0.25, -0.2) is 4.79 Å². The summed E-state index contributed by atoms with van der Waals surface area (Å²) in [7, 11) is 1.95. The summed E-state index contributed by atoms with van der Waals surface area (Å²) in [6.45, 7) is 2.89. The predicted molar refractivity (Wildman–Crippen MR) is 99.5 cm³/mol. The number of carbonyl (C=O) groups is 2. The first kappa shape index (κ1) is 21.3. The van der Waals surface area contributed by atoms with Gasteiger partial charge in [0.05, 0.1) is 11.8 Å². The molecule has 7 nitrogen and oxygen atoms in total. The number of rotatable bonds is 3. The van der Waals surface area contributed by atoms with Gasteiger partial charge in [-0.05, 0) is 24.3 Å². The lowest BCUT2D eigenvalue weighted by Crippen LogP contribution is -2.39. The number of nitrogens with zero attached hydrogens (tertiary/aromatic N) is 4. The van der Waals surface area contributed by atoms with Crippen LogP contribution < -0.4 is 0 Å². The predicted octanol–water partition coefficient (Wildman–Crippen LogP) is 2.60. The van der Waals surface area contributed by atoms with E-state index in [0.29, 0.717) is 12.1 Å². The normalized spacial score (nSPS) is 21.6. The van der Waals surface area contributed by atoms with E-state index in [0.717, 1.165) is 38.0 Å². The number of hydrogen-bond acceptors (Lipinski definition) is 5. The number of aryl methyl sites for hydroxylation is 1. The van der Waals surface area contributed by atoms with Crippen LogP contribution >= 0.6 is 11.3 Å². The summed E-state index contributed by atoms with van der Waals surface area (Å²) in [5, 5.41) is 15.3. The van der Waals surface area contributed by atoms with Gasteiger partial charge in [0.25, 0.3) is 5.91 Å². The van der Waals surface area contributed by atoms with Crippen LogP contribution in [0.3, 0.4) is 0 Å². The van der Waals surface area contributed by atoms with Gasteiger partial charge in [-0.15, -0.1) is 0 Å². The zero-order valence-corrected chi connectivity index (χ0v) is 16.5. The molecule has 158 valence electrons. The number of halogens is 3. The average molecular weight is 430 g/mol. The van der Waals surface area contributed by atoms with E-state index in [1.165, 1.54) is 5.56 Å². The molecule has 11 heteroatoms. The molecule has 1 N–H and O–H groups in total. The fraction of sp³-hybridized carbons (Fsp3) is 0.500. The molecule has 4 rings (SSSR count). The lowest BCUT2D eigenvalue weighted by atomic mass is 10.1. The van der Waals surface area contributed by atoms with E-state index >= 15 is 0 Å². The van der Waals surface area contributed by atoms with Crippen LogP contribution in [-0.4, -0.2) is 67.9 Å². The lowest BCUT2D eigenvalue weighted by Gasteiger charge is -2.25. The highest BCUT2D eigenvalue weighted by Gasteiger charge is 2.44. The molecule has 0 aliphatic carbocycles. The van der Waals surface area contributed by atoms with Crippen molar-refractivity contribution in [2.45, 2.75) is 37.6 Å². The first-order chi connectivity index (χ1) is 13.7. The maximum atomic E-state index is 12.6. The molecule has 2 atom stereocenters. The van der Waals surface area contributed by atoms with E-state index in [9.17, 15) is 18.0 Å². The molecule has 0 aromatic carbocycles. The van der Waals surface area contributed by atoms with Crippen LogP contribution in [0.4, 0.5) is 13.2 Å². The number of aromatic nitrogens is 2. The topological polar surface area (TPSA) is 78.7 Å². The fourth-order valence-electron chi connectivity index (χ4n) is 3.86. The second kappa shape index (κ2) is 8.54. The third kappa shape index (κ3) is 4.96. The van der Waals surface area contributed by atoms with Gasteiger partial charge in [0.1, 0.15) is 0 Å². The Bertz CT molecular complexity index is 853. The first-order valence-electron chi connectivity index (χ1n) is 9.01. The number of alkyl halides is 3. The van der Waals surface area contributed by atoms with Crippen molar-refractivity contribution in [1.29, 1.82) is 0 Å². The van der Waals surface area contributed by atoms with Crippen molar-refractivity contribution in [3.05, 3.63) is 40.3 Å². The summed E-state index contributed by atoms with van der Waals surface area (Å²) in [5.41, 5.74) is 2.10. The highest BCUT2D eigenvalue weighted by atomic mass is 32.1. The maximum absolute atomic E-state index is 12.6. The second-order valence-corrected chi connectivity index (χ2v) is 7.80. The number of hydrogen-bond donors (Lipinski definition) is 1. The van der Waals surface area contributed by atoms with Gasteiger partial charge in [0.15, 0.2) is 0 Å². The second-order valence-electron chi connectivity index (χ2n) is 7.02. The Morgan fingerprint density at radius 1 is 1.28 bits per heavy atom. The summed E-state index contributed by atoms with van der Waals surface area (Å²) in [6.07, 6.45) is 1.11. The van der Waals surface area contributed by atoms with Crippen molar-refractivity contribution >= 4 is 23.2 Å². The molecule has 0 unspecified atom stereocenters. The quantitative estimate of drug-likeness (QED) is 0.810. The van der Waals surface area contributed by atoms with Crippen LogP contribution in [0.5, 0.6) is 0 Å². The van der Waals surface area contributed by atoms with Crippen molar-refractivity contribution in [1.82, 2.24) is 19.6 Å². The number of carboxylic acid groups (broad SMARTS) is 1. The van der Waals surface area contributed by atoms with Gasteiger partial charge in [-0.1, -0.05) is 0 Å². The Hall–Kier alpha value is -2.40. The number of thiophene rings is 1. The number of fused-ring (bicyclic) bond motifs is 1. The first-order valence-corrected chi connectivity index (χ1v) is 9.96. The van der Waals surface area contributed by atoms with Gasteiger partial charge in [0, 0.05) is 55.9 Å². The maximum Gasteiger partial charge on any atom is 0.490 e. The molecule has 29 heavy (non-hydrogen) atoms. The van der Waals surface area contributed by atoms with Gasteiger partial charge in [0.2, 0.25) is 0 Å². The summed E-state index contributed by atoms with van der Waals surface area (Å²) < 4.78 is 33.6. The van der Waals surface area contributed by atoms with Crippen LogP contribution in [0.1, 0.15) is 28.8 Å². The van der Waals surface area contributed by atoms with E-state index in [1.54, 1.807) is 11.3 Å². The van der Waals surface area contributed by atoms with E-state index in [-0.39, 0.29) is 5.91 Å². The molecule has 0 bridgehead atoms. The number of amides is 1. The third-order valence-electron chi connectivity index (χ3n) is 5.11. The lowest BCUT2D eigenvalue weighted by molar-refractivity contribution is -0.192. The van der Waals surface area contributed by atoms with E-state index < -0.39 is 12.1 Å². The van der Waals surface area contributed by atoms with Crippen LogP contribution in [-0.2, 0) is 18.4 Å². The minimum Gasteiger partial charge on any atom is -0.475 e. The number of likely N-dealkylation sites (tertiary alicyclic amines) is 2. The molecular weight excluding hydrogens is 409 g/mol. The number of carbonyl (C=O) groups excluding carboxylic acids is 1. The molecule has 2 saturated heterocycles. The van der Waals surface area contributed by atoms with Gasteiger partial charge in [-0.2, -0.15) is 29.6 Å². The summed E-state index contributed by atoms with van der Waals surface area (Å²) in [6, 6.07) is 2.81. The summed E-state index contributed by atoms with van der Waals surface area (Å²) >= 11 is 1.59. The summed E-state index contributed by atoms with van der Waals surface area (Å²) in [4.78, 5) is 26.1. The Morgan fingerprint density at radius 2 is 1.97 bits per heavy atom. The van der Waals surface area contributed by atoms with Crippen molar-refractivity contribution in [2.75, 3.05) is 13.1 Å². The molecule has 0 radical (unpaired) electrons. The van der Waals surface area contributed by atoms with Crippen LogP contribution in [0.2, 0.25) is 0 Å². The van der Waals surface area contributed by atoms with E-state index in [1.807, 2.05) is 34.8 Å². The minimum atomic E-state index is -5.08. The monoisotopic (exact) mass is 430 g/mol.